The summed E-state index contributed by atoms with van der Waals surface area (Å²) in [4.78, 5) is 27.3. The van der Waals surface area contributed by atoms with E-state index in [1.807, 2.05) is 44.2 Å². The number of aromatic nitrogens is 1. The largest absolute Gasteiger partial charge is 0.312 e. The van der Waals surface area contributed by atoms with Crippen LogP contribution in [0.5, 0.6) is 0 Å². The highest BCUT2D eigenvalue weighted by Crippen LogP contribution is 2.16. The Morgan fingerprint density at radius 3 is 2.42 bits per heavy atom. The first-order chi connectivity index (χ1) is 11.5. The Morgan fingerprint density at radius 2 is 1.83 bits per heavy atom. The molecule has 1 heterocycles. The summed E-state index contributed by atoms with van der Waals surface area (Å²) in [5.74, 6) is -0.262. The van der Waals surface area contributed by atoms with E-state index in [0.717, 1.165) is 36.2 Å². The maximum absolute atomic E-state index is 12.9. The molecule has 0 spiro atoms. The van der Waals surface area contributed by atoms with Crippen molar-refractivity contribution in [2.24, 2.45) is 0 Å². The number of unbranched alkanes of at least 4 members (excludes halogenated alkanes) is 1. The maximum Gasteiger partial charge on any atom is 0.263 e. The number of pyridine rings is 1. The number of hydrogen-bond acceptors (Lipinski definition) is 2. The lowest BCUT2D eigenvalue weighted by atomic mass is 10.1. The molecule has 0 aliphatic heterocycles. The number of rotatable bonds is 6. The number of para-hydroxylation sites is 1. The fourth-order valence-corrected chi connectivity index (χ4v) is 2.97. The Hall–Kier alpha value is -2.36. The Bertz CT molecular complexity index is 763. The second-order valence-corrected chi connectivity index (χ2v) is 6.05. The van der Waals surface area contributed by atoms with Crippen molar-refractivity contribution in [1.82, 2.24) is 4.57 Å². The number of amides is 1. The highest BCUT2D eigenvalue weighted by molar-refractivity contribution is 6.05. The molecule has 0 bridgehead atoms. The number of aryl methyl sites for hydroxylation is 1. The minimum absolute atomic E-state index is 0.182. The van der Waals surface area contributed by atoms with Gasteiger partial charge in [-0.05, 0) is 43.5 Å². The van der Waals surface area contributed by atoms with Crippen molar-refractivity contribution < 1.29 is 4.79 Å². The zero-order valence-electron chi connectivity index (χ0n) is 15.0. The van der Waals surface area contributed by atoms with E-state index in [1.54, 1.807) is 17.7 Å². The van der Waals surface area contributed by atoms with E-state index >= 15 is 0 Å². The van der Waals surface area contributed by atoms with E-state index in [4.69, 9.17) is 0 Å². The van der Waals surface area contributed by atoms with Crippen LogP contribution in [0.2, 0.25) is 0 Å². The number of hydrogen-bond donors (Lipinski definition) is 0. The third-order valence-corrected chi connectivity index (χ3v) is 4.37. The van der Waals surface area contributed by atoms with E-state index in [-0.39, 0.29) is 17.0 Å². The summed E-state index contributed by atoms with van der Waals surface area (Å²) in [7, 11) is 1.70. The molecule has 1 aromatic carbocycles. The predicted molar refractivity (Wildman–Crippen MR) is 98.9 cm³/mol. The average molecular weight is 326 g/mol. The first kappa shape index (κ1) is 18.0. The van der Waals surface area contributed by atoms with E-state index in [0.29, 0.717) is 6.54 Å². The third kappa shape index (κ3) is 3.58. The molecule has 128 valence electrons. The second-order valence-electron chi connectivity index (χ2n) is 6.05. The van der Waals surface area contributed by atoms with Crippen LogP contribution in [0.1, 0.15) is 48.3 Å². The highest BCUT2D eigenvalue weighted by Gasteiger charge is 2.20. The van der Waals surface area contributed by atoms with Crippen LogP contribution in [0.3, 0.4) is 0 Å². The van der Waals surface area contributed by atoms with E-state index in [9.17, 15) is 9.59 Å². The monoisotopic (exact) mass is 326 g/mol. The molecule has 4 heteroatoms. The van der Waals surface area contributed by atoms with Gasteiger partial charge in [-0.25, -0.2) is 0 Å². The van der Waals surface area contributed by atoms with Crippen LogP contribution in [0.15, 0.2) is 41.2 Å². The summed E-state index contributed by atoms with van der Waals surface area (Å²) in [6, 6.07) is 11.1. The van der Waals surface area contributed by atoms with Gasteiger partial charge in [0.2, 0.25) is 0 Å². The number of nitrogens with zero attached hydrogens (tertiary/aromatic N) is 2. The van der Waals surface area contributed by atoms with Crippen LogP contribution in [0.25, 0.3) is 0 Å². The first-order valence-corrected chi connectivity index (χ1v) is 8.57. The Morgan fingerprint density at radius 1 is 1.17 bits per heavy atom. The van der Waals surface area contributed by atoms with Crippen molar-refractivity contribution in [3.8, 4) is 0 Å². The normalized spacial score (nSPS) is 10.7. The summed E-state index contributed by atoms with van der Waals surface area (Å²) in [6.45, 7) is 6.78. The smallest absolute Gasteiger partial charge is 0.263 e. The molecule has 0 radical (unpaired) electrons. The zero-order valence-corrected chi connectivity index (χ0v) is 15.0. The van der Waals surface area contributed by atoms with Crippen LogP contribution in [0, 0.1) is 6.92 Å². The average Bonchev–Trinajstić information content (AvgIpc) is 2.61. The Kier molecular flexibility index (Phi) is 5.96. The second kappa shape index (κ2) is 7.95. The molecule has 0 fully saturated rings. The molecule has 0 aliphatic rings. The van der Waals surface area contributed by atoms with Gasteiger partial charge in [0, 0.05) is 25.0 Å². The summed E-state index contributed by atoms with van der Waals surface area (Å²) >= 11 is 0. The standard InChI is InChI=1S/C20H26N2O2/c1-5-7-13-22-18(6-2)15(3)14-17(20(22)24)19(23)21(4)16-11-9-8-10-12-16/h8-12,14H,5-7,13H2,1-4H3. The van der Waals surface area contributed by atoms with Crippen LogP contribution in [0.4, 0.5) is 5.69 Å². The predicted octanol–water partition coefficient (Wildman–Crippen LogP) is 3.80. The van der Waals surface area contributed by atoms with E-state index in [1.165, 1.54) is 4.90 Å². The van der Waals surface area contributed by atoms with Gasteiger partial charge < -0.3 is 9.47 Å². The fourth-order valence-electron chi connectivity index (χ4n) is 2.97. The van der Waals surface area contributed by atoms with Crippen molar-refractivity contribution >= 4 is 11.6 Å². The lowest BCUT2D eigenvalue weighted by Crippen LogP contribution is -2.36. The van der Waals surface area contributed by atoms with Crippen molar-refractivity contribution in [1.29, 1.82) is 0 Å². The maximum atomic E-state index is 12.9. The lowest BCUT2D eigenvalue weighted by molar-refractivity contribution is 0.0990. The molecule has 4 nitrogen and oxygen atoms in total. The molecule has 1 amide bonds. The number of anilines is 1. The minimum atomic E-state index is -0.262. The minimum Gasteiger partial charge on any atom is -0.312 e. The molecule has 0 saturated heterocycles. The number of carbonyl (C=O) groups excluding carboxylic acids is 1. The van der Waals surface area contributed by atoms with Crippen molar-refractivity contribution in [2.75, 3.05) is 11.9 Å². The molecule has 0 saturated carbocycles. The van der Waals surface area contributed by atoms with E-state index < -0.39 is 0 Å². The number of benzene rings is 1. The van der Waals surface area contributed by atoms with Gasteiger partial charge in [-0.15, -0.1) is 0 Å². The van der Waals surface area contributed by atoms with E-state index in [2.05, 4.69) is 6.92 Å². The third-order valence-electron chi connectivity index (χ3n) is 4.37. The zero-order chi connectivity index (χ0) is 17.7. The van der Waals surface area contributed by atoms with Gasteiger partial charge in [0.25, 0.3) is 11.5 Å². The van der Waals surface area contributed by atoms with Crippen LogP contribution < -0.4 is 10.5 Å². The van der Waals surface area contributed by atoms with Gasteiger partial charge in [0.15, 0.2) is 0 Å². The molecule has 24 heavy (non-hydrogen) atoms. The summed E-state index contributed by atoms with van der Waals surface area (Å²) in [5, 5.41) is 0. The topological polar surface area (TPSA) is 42.3 Å². The Labute approximate surface area is 143 Å². The first-order valence-electron chi connectivity index (χ1n) is 8.57. The van der Waals surface area contributed by atoms with Crippen molar-refractivity contribution in [3.63, 3.8) is 0 Å². The highest BCUT2D eigenvalue weighted by atomic mass is 16.2. The molecule has 0 aliphatic carbocycles. The molecule has 1 aromatic heterocycles. The van der Waals surface area contributed by atoms with Gasteiger partial charge in [-0.1, -0.05) is 38.5 Å². The fraction of sp³-hybridized carbons (Fsp3) is 0.400. The van der Waals surface area contributed by atoms with Gasteiger partial charge in [0.05, 0.1) is 0 Å². The van der Waals surface area contributed by atoms with Crippen molar-refractivity contribution in [3.05, 3.63) is 63.6 Å². The molecule has 0 unspecified atom stereocenters. The molecule has 2 rings (SSSR count). The van der Waals surface area contributed by atoms with Crippen molar-refractivity contribution in [2.45, 2.75) is 46.6 Å². The molecule has 0 N–H and O–H groups in total. The summed E-state index contributed by atoms with van der Waals surface area (Å²) in [6.07, 6.45) is 2.73. The van der Waals surface area contributed by atoms with Crippen LogP contribution in [-0.4, -0.2) is 17.5 Å². The van der Waals surface area contributed by atoms with Crippen LogP contribution in [-0.2, 0) is 13.0 Å². The summed E-state index contributed by atoms with van der Waals surface area (Å²) < 4.78 is 1.78. The lowest BCUT2D eigenvalue weighted by Gasteiger charge is -2.20. The molecular weight excluding hydrogens is 300 g/mol. The van der Waals surface area contributed by atoms with Gasteiger partial charge in [-0.2, -0.15) is 0 Å². The van der Waals surface area contributed by atoms with Gasteiger partial charge in [-0.3, -0.25) is 9.59 Å². The quantitative estimate of drug-likeness (QED) is 0.810. The summed E-state index contributed by atoms with van der Waals surface area (Å²) in [5.41, 5.74) is 2.86. The van der Waals surface area contributed by atoms with Gasteiger partial charge >= 0.3 is 0 Å². The Balaban J connectivity index is 2.48. The molecule has 2 aromatic rings. The van der Waals surface area contributed by atoms with Crippen LogP contribution >= 0.6 is 0 Å². The molecular formula is C20H26N2O2. The SMILES string of the molecule is CCCCn1c(CC)c(C)cc(C(=O)N(C)c2ccccc2)c1=O. The number of carbonyl (C=O) groups is 1. The van der Waals surface area contributed by atoms with Gasteiger partial charge in [0.1, 0.15) is 5.56 Å². The molecule has 0 atom stereocenters.